The average Bonchev–Trinajstić information content (AvgIpc) is 2.73. The van der Waals surface area contributed by atoms with Crippen molar-refractivity contribution in [2.75, 3.05) is 0 Å². The quantitative estimate of drug-likeness (QED) is 0.372. The van der Waals surface area contributed by atoms with Crippen LogP contribution in [0.25, 0.3) is 10.8 Å². The molecule has 2 aromatic carbocycles. The lowest BCUT2D eigenvalue weighted by Crippen LogP contribution is -2.15. The summed E-state index contributed by atoms with van der Waals surface area (Å²) in [5, 5.41) is 12.1. The highest BCUT2D eigenvalue weighted by molar-refractivity contribution is 6.05. The van der Waals surface area contributed by atoms with Crippen molar-refractivity contribution in [1.82, 2.24) is 0 Å². The molecule has 0 spiro atoms. The Bertz CT molecular complexity index is 777. The van der Waals surface area contributed by atoms with Crippen molar-refractivity contribution in [3.05, 3.63) is 47.0 Å². The Kier molecular flexibility index (Phi) is 9.70. The lowest BCUT2D eigenvalue weighted by Gasteiger charge is -2.23. The highest BCUT2D eigenvalue weighted by atomic mass is 16.4. The van der Waals surface area contributed by atoms with Gasteiger partial charge in [-0.25, -0.2) is 4.79 Å². The second-order valence-corrected chi connectivity index (χ2v) is 8.66. The maximum atomic E-state index is 12.4. The van der Waals surface area contributed by atoms with Crippen LogP contribution in [0.3, 0.4) is 0 Å². The highest BCUT2D eigenvalue weighted by Gasteiger charge is 2.22. The van der Waals surface area contributed by atoms with Crippen LogP contribution in [0.1, 0.15) is 101 Å². The van der Waals surface area contributed by atoms with Gasteiger partial charge in [0.1, 0.15) is 0 Å². The lowest BCUT2D eigenvalue weighted by molar-refractivity contribution is 0.0697. The van der Waals surface area contributed by atoms with Crippen LogP contribution in [-0.4, -0.2) is 11.1 Å². The van der Waals surface area contributed by atoms with Crippen molar-refractivity contribution in [3.63, 3.8) is 0 Å². The van der Waals surface area contributed by atoms with Gasteiger partial charge in [-0.05, 0) is 46.6 Å². The Hall–Kier alpha value is -1.83. The Labute approximate surface area is 177 Å². The molecule has 0 heterocycles. The zero-order chi connectivity index (χ0) is 21.2. The van der Waals surface area contributed by atoms with Crippen molar-refractivity contribution >= 4 is 16.7 Å². The summed E-state index contributed by atoms with van der Waals surface area (Å²) >= 11 is 0. The van der Waals surface area contributed by atoms with Crippen LogP contribution in [-0.2, 0) is 12.8 Å². The number of carboxylic acid groups (broad SMARTS) is 1. The molecule has 2 nitrogen and oxygen atoms in total. The maximum Gasteiger partial charge on any atom is 0.336 e. The van der Waals surface area contributed by atoms with Gasteiger partial charge in [-0.2, -0.15) is 0 Å². The van der Waals surface area contributed by atoms with Gasteiger partial charge in [0, 0.05) is 0 Å². The van der Waals surface area contributed by atoms with Crippen LogP contribution in [0, 0.1) is 11.8 Å². The van der Waals surface area contributed by atoms with Gasteiger partial charge in [-0.15, -0.1) is 0 Å². The number of hydrogen-bond acceptors (Lipinski definition) is 1. The van der Waals surface area contributed by atoms with E-state index >= 15 is 0 Å². The van der Waals surface area contributed by atoms with E-state index in [0.29, 0.717) is 17.4 Å². The van der Waals surface area contributed by atoms with Gasteiger partial charge in [0.05, 0.1) is 5.56 Å². The van der Waals surface area contributed by atoms with Gasteiger partial charge in [-0.1, -0.05) is 109 Å². The fourth-order valence-electron chi connectivity index (χ4n) is 4.59. The van der Waals surface area contributed by atoms with Gasteiger partial charge < -0.3 is 5.11 Å². The molecule has 160 valence electrons. The maximum absolute atomic E-state index is 12.4. The Balaban J connectivity index is 2.54. The first-order valence-corrected chi connectivity index (χ1v) is 11.8. The third-order valence-corrected chi connectivity index (χ3v) is 6.55. The lowest BCUT2D eigenvalue weighted by atomic mass is 9.81. The Morgan fingerprint density at radius 1 is 0.897 bits per heavy atom. The number of hydrogen-bond donors (Lipinski definition) is 1. The molecule has 2 heteroatoms. The number of benzene rings is 2. The summed E-state index contributed by atoms with van der Waals surface area (Å²) < 4.78 is 0. The second-order valence-electron chi connectivity index (χ2n) is 8.66. The van der Waals surface area contributed by atoms with Crippen molar-refractivity contribution in [1.29, 1.82) is 0 Å². The predicted molar refractivity (Wildman–Crippen MR) is 125 cm³/mol. The van der Waals surface area contributed by atoms with Gasteiger partial charge >= 0.3 is 5.97 Å². The molecule has 2 aromatic rings. The molecule has 0 bridgehead atoms. The first kappa shape index (κ1) is 23.4. The van der Waals surface area contributed by atoms with Crippen molar-refractivity contribution < 1.29 is 9.90 Å². The molecule has 0 radical (unpaired) electrons. The molecular weight excluding hydrogens is 356 g/mol. The van der Waals surface area contributed by atoms with Crippen molar-refractivity contribution in [3.8, 4) is 0 Å². The van der Waals surface area contributed by atoms with Crippen LogP contribution >= 0.6 is 0 Å². The minimum Gasteiger partial charge on any atom is -0.478 e. The number of carboxylic acids is 1. The predicted octanol–water partition coefficient (Wildman–Crippen LogP) is 8.06. The molecule has 0 aliphatic heterocycles. The molecule has 2 unspecified atom stereocenters. The van der Waals surface area contributed by atoms with E-state index in [4.69, 9.17) is 0 Å². The molecular formula is C27H40O2. The standard InChI is InChI=1S/C27H40O2/c1-5-9-13-20(7-3)17-23-19-22-15-11-12-16-24(22)26(27(28)29)25(23)18-21(8-4)14-10-6-2/h11-12,15-16,19-21H,5-10,13-14,17-18H2,1-4H3,(H,28,29). The van der Waals surface area contributed by atoms with Crippen molar-refractivity contribution in [2.45, 2.75) is 91.9 Å². The highest BCUT2D eigenvalue weighted by Crippen LogP contribution is 2.33. The largest absolute Gasteiger partial charge is 0.478 e. The Morgan fingerprint density at radius 3 is 2.03 bits per heavy atom. The smallest absolute Gasteiger partial charge is 0.336 e. The summed E-state index contributed by atoms with van der Waals surface area (Å²) in [5.41, 5.74) is 2.94. The number of unbranched alkanes of at least 4 members (excludes halogenated alkanes) is 2. The minimum absolute atomic E-state index is 0.554. The average molecular weight is 397 g/mol. The van der Waals surface area contributed by atoms with E-state index in [0.717, 1.165) is 42.0 Å². The molecule has 0 saturated heterocycles. The van der Waals surface area contributed by atoms with E-state index in [1.165, 1.54) is 44.1 Å². The third-order valence-electron chi connectivity index (χ3n) is 6.55. The first-order chi connectivity index (χ1) is 14.0. The van der Waals surface area contributed by atoms with E-state index in [2.05, 4.69) is 39.8 Å². The number of aromatic carboxylic acids is 1. The summed E-state index contributed by atoms with van der Waals surface area (Å²) in [5.74, 6) is 0.418. The van der Waals surface area contributed by atoms with E-state index in [9.17, 15) is 9.90 Å². The summed E-state index contributed by atoms with van der Waals surface area (Å²) in [6.07, 6.45) is 11.5. The molecule has 0 aromatic heterocycles. The zero-order valence-corrected chi connectivity index (χ0v) is 19.0. The molecule has 2 rings (SSSR count). The van der Waals surface area contributed by atoms with Crippen LogP contribution in [0.2, 0.25) is 0 Å². The van der Waals surface area contributed by atoms with Gasteiger partial charge in [-0.3, -0.25) is 0 Å². The SMILES string of the molecule is CCCCC(CC)Cc1cc2ccccc2c(C(=O)O)c1CC(CC)CCCC. The van der Waals surface area contributed by atoms with E-state index in [-0.39, 0.29) is 0 Å². The molecule has 29 heavy (non-hydrogen) atoms. The van der Waals surface area contributed by atoms with Crippen LogP contribution in [0.4, 0.5) is 0 Å². The van der Waals surface area contributed by atoms with Gasteiger partial charge in [0.2, 0.25) is 0 Å². The van der Waals surface area contributed by atoms with E-state index in [1.54, 1.807) is 0 Å². The first-order valence-electron chi connectivity index (χ1n) is 11.8. The molecule has 0 saturated carbocycles. The topological polar surface area (TPSA) is 37.3 Å². The van der Waals surface area contributed by atoms with Gasteiger partial charge in [0.25, 0.3) is 0 Å². The fraction of sp³-hybridized carbons (Fsp3) is 0.593. The molecule has 0 fully saturated rings. The third kappa shape index (κ3) is 6.32. The summed E-state index contributed by atoms with van der Waals surface area (Å²) in [6.45, 7) is 9.00. The number of fused-ring (bicyclic) bond motifs is 1. The van der Waals surface area contributed by atoms with Crippen LogP contribution in [0.5, 0.6) is 0 Å². The monoisotopic (exact) mass is 396 g/mol. The second kappa shape index (κ2) is 12.0. The zero-order valence-electron chi connectivity index (χ0n) is 19.0. The molecule has 0 aliphatic carbocycles. The normalized spacial score (nSPS) is 13.5. The van der Waals surface area contributed by atoms with E-state index in [1.807, 2.05) is 18.2 Å². The number of carbonyl (C=O) groups is 1. The Morgan fingerprint density at radius 2 is 1.48 bits per heavy atom. The molecule has 0 amide bonds. The minimum atomic E-state index is -0.773. The van der Waals surface area contributed by atoms with Crippen LogP contribution in [0.15, 0.2) is 30.3 Å². The number of rotatable bonds is 13. The summed E-state index contributed by atoms with van der Waals surface area (Å²) in [7, 11) is 0. The molecule has 2 atom stereocenters. The fourth-order valence-corrected chi connectivity index (χ4v) is 4.59. The van der Waals surface area contributed by atoms with Gasteiger partial charge in [0.15, 0.2) is 0 Å². The summed E-state index contributed by atoms with van der Waals surface area (Å²) in [6, 6.07) is 10.3. The summed E-state index contributed by atoms with van der Waals surface area (Å²) in [4.78, 5) is 12.4. The molecule has 0 aliphatic rings. The van der Waals surface area contributed by atoms with Crippen molar-refractivity contribution in [2.24, 2.45) is 11.8 Å². The van der Waals surface area contributed by atoms with E-state index < -0.39 is 5.97 Å². The van der Waals surface area contributed by atoms with Crippen LogP contribution < -0.4 is 0 Å². The molecule has 1 N–H and O–H groups in total.